The van der Waals surface area contributed by atoms with Crippen LogP contribution in [-0.4, -0.2) is 17.2 Å². The zero-order chi connectivity index (χ0) is 16.2. The molecule has 0 unspecified atom stereocenters. The molecule has 1 aromatic heterocycles. The Morgan fingerprint density at radius 2 is 1.95 bits per heavy atom. The van der Waals surface area contributed by atoms with Gasteiger partial charge in [-0.2, -0.15) is 13.2 Å². The van der Waals surface area contributed by atoms with E-state index in [-0.39, 0.29) is 0 Å². The maximum absolute atomic E-state index is 12.7. The molecule has 0 aliphatic heterocycles. The molecule has 0 N–H and O–H groups in total. The number of rotatable bonds is 3. The normalized spacial score (nSPS) is 11.6. The van der Waals surface area contributed by atoms with Crippen molar-refractivity contribution in [1.82, 2.24) is 4.98 Å². The molecule has 114 valence electrons. The van der Waals surface area contributed by atoms with Crippen LogP contribution in [0.5, 0.6) is 0 Å². The predicted octanol–water partition coefficient (Wildman–Crippen LogP) is 3.94. The SMILES string of the molecule is O=C(ON=Cc1ccccc1Cl)c1cccnc1C(F)(F)F. The van der Waals surface area contributed by atoms with Crippen LogP contribution in [0.2, 0.25) is 5.02 Å². The lowest BCUT2D eigenvalue weighted by Gasteiger charge is -2.08. The van der Waals surface area contributed by atoms with Gasteiger partial charge in [0.05, 0.1) is 11.8 Å². The van der Waals surface area contributed by atoms with Gasteiger partial charge in [0.2, 0.25) is 0 Å². The molecule has 0 fully saturated rings. The van der Waals surface area contributed by atoms with E-state index >= 15 is 0 Å². The smallest absolute Gasteiger partial charge is 0.313 e. The molecule has 8 heteroatoms. The van der Waals surface area contributed by atoms with Crippen LogP contribution in [0.15, 0.2) is 47.8 Å². The van der Waals surface area contributed by atoms with Crippen LogP contribution in [0, 0.1) is 0 Å². The summed E-state index contributed by atoms with van der Waals surface area (Å²) in [6, 6.07) is 8.72. The molecule has 1 aromatic carbocycles. The van der Waals surface area contributed by atoms with E-state index in [9.17, 15) is 18.0 Å². The Balaban J connectivity index is 2.16. The van der Waals surface area contributed by atoms with Gasteiger partial charge in [-0.25, -0.2) is 4.79 Å². The number of oxime groups is 1. The maximum Gasteiger partial charge on any atom is 0.434 e. The molecule has 0 radical (unpaired) electrons. The van der Waals surface area contributed by atoms with E-state index in [0.29, 0.717) is 10.6 Å². The van der Waals surface area contributed by atoms with Crippen LogP contribution in [0.1, 0.15) is 21.6 Å². The van der Waals surface area contributed by atoms with E-state index in [2.05, 4.69) is 15.0 Å². The van der Waals surface area contributed by atoms with Crippen molar-refractivity contribution in [3.63, 3.8) is 0 Å². The summed E-state index contributed by atoms with van der Waals surface area (Å²) >= 11 is 5.85. The van der Waals surface area contributed by atoms with Crippen LogP contribution < -0.4 is 0 Å². The highest BCUT2D eigenvalue weighted by atomic mass is 35.5. The quantitative estimate of drug-likeness (QED) is 0.487. The van der Waals surface area contributed by atoms with Gasteiger partial charge in [-0.05, 0) is 18.2 Å². The first-order chi connectivity index (χ1) is 10.4. The first kappa shape index (κ1) is 16.0. The van der Waals surface area contributed by atoms with Crippen LogP contribution in [0.3, 0.4) is 0 Å². The molecule has 0 spiro atoms. The summed E-state index contributed by atoms with van der Waals surface area (Å²) in [5.41, 5.74) is -1.58. The zero-order valence-electron chi connectivity index (χ0n) is 10.8. The van der Waals surface area contributed by atoms with Crippen LogP contribution >= 0.6 is 11.6 Å². The monoisotopic (exact) mass is 328 g/mol. The minimum absolute atomic E-state index is 0.361. The van der Waals surface area contributed by atoms with Gasteiger partial charge in [-0.15, -0.1) is 0 Å². The van der Waals surface area contributed by atoms with Gasteiger partial charge in [0.15, 0.2) is 5.69 Å². The number of carbonyl (C=O) groups excluding carboxylic acids is 1. The van der Waals surface area contributed by atoms with E-state index in [1.54, 1.807) is 24.3 Å². The van der Waals surface area contributed by atoms with Crippen molar-refractivity contribution in [3.05, 3.63) is 64.4 Å². The molecule has 0 aliphatic carbocycles. The highest BCUT2D eigenvalue weighted by molar-refractivity contribution is 6.33. The topological polar surface area (TPSA) is 51.5 Å². The zero-order valence-corrected chi connectivity index (χ0v) is 11.6. The number of benzene rings is 1. The number of nitrogens with zero attached hydrogens (tertiary/aromatic N) is 2. The Morgan fingerprint density at radius 1 is 1.23 bits per heavy atom. The molecule has 0 amide bonds. The van der Waals surface area contributed by atoms with E-state index in [0.717, 1.165) is 18.5 Å². The number of carbonyl (C=O) groups is 1. The summed E-state index contributed by atoms with van der Waals surface area (Å²) in [5.74, 6) is -1.26. The second-order valence-corrected chi connectivity index (χ2v) is 4.44. The summed E-state index contributed by atoms with van der Waals surface area (Å²) < 4.78 is 38.2. The summed E-state index contributed by atoms with van der Waals surface area (Å²) in [6.45, 7) is 0. The first-order valence-electron chi connectivity index (χ1n) is 5.91. The lowest BCUT2D eigenvalue weighted by Crippen LogP contribution is -2.15. The fraction of sp³-hybridized carbons (Fsp3) is 0.0714. The first-order valence-corrected chi connectivity index (χ1v) is 6.29. The molecular weight excluding hydrogens is 321 g/mol. The molecule has 2 rings (SSSR count). The van der Waals surface area contributed by atoms with E-state index < -0.39 is 23.4 Å². The third-order valence-electron chi connectivity index (χ3n) is 2.53. The lowest BCUT2D eigenvalue weighted by atomic mass is 10.2. The predicted molar refractivity (Wildman–Crippen MR) is 73.7 cm³/mol. The fourth-order valence-corrected chi connectivity index (χ4v) is 1.74. The van der Waals surface area contributed by atoms with Gasteiger partial charge in [-0.1, -0.05) is 35.0 Å². The number of aromatic nitrogens is 1. The van der Waals surface area contributed by atoms with Gasteiger partial charge >= 0.3 is 12.1 Å². The molecule has 0 aliphatic rings. The molecule has 0 saturated carbocycles. The highest BCUT2D eigenvalue weighted by Gasteiger charge is 2.37. The van der Waals surface area contributed by atoms with E-state index in [4.69, 9.17) is 11.6 Å². The Hall–Kier alpha value is -2.41. The second kappa shape index (κ2) is 6.57. The summed E-state index contributed by atoms with van der Waals surface area (Å²) in [5, 5.41) is 3.71. The van der Waals surface area contributed by atoms with Crippen molar-refractivity contribution in [2.45, 2.75) is 6.18 Å². The van der Waals surface area contributed by atoms with Gasteiger partial charge in [-0.3, -0.25) is 4.98 Å². The molecule has 0 bridgehead atoms. The van der Waals surface area contributed by atoms with Gasteiger partial charge in [0.25, 0.3) is 0 Å². The summed E-state index contributed by atoms with van der Waals surface area (Å²) in [7, 11) is 0. The van der Waals surface area contributed by atoms with Crippen molar-refractivity contribution in [2.75, 3.05) is 0 Å². The van der Waals surface area contributed by atoms with Crippen molar-refractivity contribution in [2.24, 2.45) is 5.16 Å². The minimum atomic E-state index is -4.76. The molecule has 0 atom stereocenters. The Bertz CT molecular complexity index is 717. The van der Waals surface area contributed by atoms with Crippen molar-refractivity contribution >= 4 is 23.8 Å². The number of hydrogen-bond donors (Lipinski definition) is 0. The van der Waals surface area contributed by atoms with Crippen molar-refractivity contribution in [3.8, 4) is 0 Å². The van der Waals surface area contributed by atoms with Gasteiger partial charge in [0, 0.05) is 16.8 Å². The standard InChI is InChI=1S/C14H8ClF3N2O2/c15-11-6-2-1-4-9(11)8-20-22-13(21)10-5-3-7-19-12(10)14(16,17)18/h1-8H. The summed E-state index contributed by atoms with van der Waals surface area (Å²) in [6.07, 6.45) is -2.70. The third kappa shape index (κ3) is 3.82. The highest BCUT2D eigenvalue weighted by Crippen LogP contribution is 2.30. The van der Waals surface area contributed by atoms with Crippen molar-refractivity contribution < 1.29 is 22.8 Å². The third-order valence-corrected chi connectivity index (χ3v) is 2.87. The number of halogens is 4. The van der Waals surface area contributed by atoms with E-state index in [1.807, 2.05) is 0 Å². The Kier molecular flexibility index (Phi) is 4.77. The maximum atomic E-state index is 12.7. The van der Waals surface area contributed by atoms with Crippen LogP contribution in [0.25, 0.3) is 0 Å². The van der Waals surface area contributed by atoms with Crippen LogP contribution in [0.4, 0.5) is 13.2 Å². The average Bonchev–Trinajstić information content (AvgIpc) is 2.48. The number of pyridine rings is 1. The second-order valence-electron chi connectivity index (χ2n) is 4.03. The number of hydrogen-bond acceptors (Lipinski definition) is 4. The average molecular weight is 329 g/mol. The van der Waals surface area contributed by atoms with Crippen LogP contribution in [-0.2, 0) is 11.0 Å². The minimum Gasteiger partial charge on any atom is -0.313 e. The molecule has 22 heavy (non-hydrogen) atoms. The van der Waals surface area contributed by atoms with E-state index in [1.165, 1.54) is 6.07 Å². The van der Waals surface area contributed by atoms with Gasteiger partial charge in [0.1, 0.15) is 0 Å². The molecule has 0 saturated heterocycles. The van der Waals surface area contributed by atoms with Gasteiger partial charge < -0.3 is 4.84 Å². The Morgan fingerprint density at radius 3 is 2.64 bits per heavy atom. The fourth-order valence-electron chi connectivity index (χ4n) is 1.56. The molecule has 4 nitrogen and oxygen atoms in total. The van der Waals surface area contributed by atoms with Crippen molar-refractivity contribution in [1.29, 1.82) is 0 Å². The molecule has 1 heterocycles. The largest absolute Gasteiger partial charge is 0.434 e. The summed E-state index contributed by atoms with van der Waals surface area (Å²) in [4.78, 5) is 19.3. The molecule has 2 aromatic rings. The number of alkyl halides is 3. The lowest BCUT2D eigenvalue weighted by molar-refractivity contribution is -0.141. The molecular formula is C14H8ClF3N2O2. The Labute approximate surface area is 128 Å².